The molecule has 0 aliphatic heterocycles. The topological polar surface area (TPSA) is 220 Å². The van der Waals surface area contributed by atoms with E-state index >= 15 is 0 Å². The van der Waals surface area contributed by atoms with Crippen LogP contribution in [-0.2, 0) is 23.9 Å². The van der Waals surface area contributed by atoms with Crippen LogP contribution in [0.2, 0.25) is 0 Å². The molecular formula is C29H36N4O10. The van der Waals surface area contributed by atoms with Crippen LogP contribution < -0.4 is 11.1 Å². The maximum absolute atomic E-state index is 14.1. The zero-order valence-electron chi connectivity index (χ0n) is 24.7. The van der Waals surface area contributed by atoms with Gasteiger partial charge in [-0.25, -0.2) is 0 Å². The van der Waals surface area contributed by atoms with Crippen molar-refractivity contribution in [3.05, 3.63) is 45.9 Å². The summed E-state index contributed by atoms with van der Waals surface area (Å²) in [6.45, 7) is 3.13. The molecule has 3 aliphatic rings. The minimum atomic E-state index is -3.03. The Morgan fingerprint density at radius 2 is 1.72 bits per heavy atom. The molecular weight excluding hydrogens is 564 g/mol. The summed E-state index contributed by atoms with van der Waals surface area (Å²) < 4.78 is 5.79. The molecule has 0 unspecified atom stereocenters. The second-order valence-corrected chi connectivity index (χ2v) is 11.6. The third-order valence-corrected chi connectivity index (χ3v) is 8.39. The Morgan fingerprint density at radius 3 is 2.26 bits per heavy atom. The van der Waals surface area contributed by atoms with Crippen LogP contribution in [0.3, 0.4) is 0 Å². The number of phenols is 1. The average molecular weight is 601 g/mol. The van der Waals surface area contributed by atoms with Crippen molar-refractivity contribution >= 4 is 35.0 Å². The number of aliphatic hydroxyl groups is 3. The van der Waals surface area contributed by atoms with Gasteiger partial charge in [0.1, 0.15) is 23.2 Å². The van der Waals surface area contributed by atoms with Crippen LogP contribution >= 0.6 is 0 Å². The minimum absolute atomic E-state index is 0.0223. The quantitative estimate of drug-likeness (QED) is 0.140. The van der Waals surface area contributed by atoms with Crippen molar-refractivity contribution < 1.29 is 49.1 Å². The number of amides is 2. The number of ketones is 2. The number of benzene rings is 1. The Balaban J connectivity index is 2.01. The maximum atomic E-state index is 14.1. The summed E-state index contributed by atoms with van der Waals surface area (Å²) in [5.74, 6) is -11.1. The number of nitrogens with two attached hydrogens (primary N) is 1. The molecule has 6 atom stereocenters. The summed E-state index contributed by atoms with van der Waals surface area (Å²) in [6, 6.07) is 1.55. The van der Waals surface area contributed by atoms with Crippen molar-refractivity contribution in [1.82, 2.24) is 9.80 Å². The number of carbonyl (C=O) groups excluding carboxylic acids is 5. The fourth-order valence-corrected chi connectivity index (χ4v) is 6.55. The fourth-order valence-electron chi connectivity index (χ4n) is 6.55. The van der Waals surface area contributed by atoms with E-state index < -0.39 is 93.3 Å². The van der Waals surface area contributed by atoms with Gasteiger partial charge in [0.2, 0.25) is 11.7 Å². The predicted molar refractivity (Wildman–Crippen MR) is 151 cm³/mol. The fraction of sp³-hybridized carbons (Fsp3) is 0.483. The summed E-state index contributed by atoms with van der Waals surface area (Å²) in [7, 11) is 6.28. The molecule has 0 spiro atoms. The van der Waals surface area contributed by atoms with Crippen LogP contribution in [0.4, 0.5) is 5.69 Å². The number of Topliss-reactive ketones (excluding diaryl/α,β-unsaturated/α-hetero) is 2. The second-order valence-electron chi connectivity index (χ2n) is 11.6. The summed E-state index contributed by atoms with van der Waals surface area (Å²) in [5.41, 5.74) is 0.778. The number of aromatic hydroxyl groups is 1. The number of hydrogen-bond donors (Lipinski definition) is 6. The molecule has 14 heteroatoms. The Bertz CT molecular complexity index is 1500. The van der Waals surface area contributed by atoms with Gasteiger partial charge in [0, 0.05) is 17.9 Å². The van der Waals surface area contributed by atoms with Crippen LogP contribution in [0.5, 0.6) is 5.75 Å². The molecule has 0 radical (unpaired) electrons. The van der Waals surface area contributed by atoms with Crippen LogP contribution in [-0.4, -0.2) is 112 Å². The molecule has 232 valence electrons. The van der Waals surface area contributed by atoms with Gasteiger partial charge in [-0.2, -0.15) is 0 Å². The smallest absolute Gasteiger partial charge is 0.305 e. The number of hydrogen-bond acceptors (Lipinski definition) is 12. The minimum Gasteiger partial charge on any atom is -0.510 e. The van der Waals surface area contributed by atoms with Crippen molar-refractivity contribution in [2.24, 2.45) is 17.6 Å². The lowest BCUT2D eigenvalue weighted by molar-refractivity contribution is -0.180. The highest BCUT2D eigenvalue weighted by atomic mass is 16.5. The molecule has 4 rings (SSSR count). The van der Waals surface area contributed by atoms with Crippen molar-refractivity contribution in [1.29, 1.82) is 0 Å². The average Bonchev–Trinajstić information content (AvgIpc) is 2.90. The Kier molecular flexibility index (Phi) is 8.17. The van der Waals surface area contributed by atoms with Gasteiger partial charge in [-0.1, -0.05) is 19.9 Å². The number of carbonyl (C=O) groups is 5. The molecule has 0 saturated carbocycles. The zero-order chi connectivity index (χ0) is 32.3. The first-order valence-corrected chi connectivity index (χ1v) is 13.6. The molecule has 1 aromatic carbocycles. The number of ether oxygens (including phenoxy) is 1. The van der Waals surface area contributed by atoms with E-state index in [2.05, 4.69) is 5.32 Å². The van der Waals surface area contributed by atoms with E-state index in [1.165, 1.54) is 38.1 Å². The number of esters is 1. The number of primary amides is 1. The molecule has 7 N–H and O–H groups in total. The van der Waals surface area contributed by atoms with Crippen molar-refractivity contribution in [2.45, 2.75) is 43.9 Å². The first kappa shape index (κ1) is 31.7. The Morgan fingerprint density at radius 1 is 1.09 bits per heavy atom. The van der Waals surface area contributed by atoms with Crippen molar-refractivity contribution in [2.75, 3.05) is 40.1 Å². The maximum Gasteiger partial charge on any atom is 0.305 e. The monoisotopic (exact) mass is 600 g/mol. The number of rotatable bonds is 7. The SMILES string of the molecule is CCC(=O)O[C@H]1[C@H]2C(=C(O)[C@]3(O)C(=O)C(C(N)=O)=C(O)[C@@H](N(C)C)[C@H]13)C(=O)c1c(ccc(NC(=O)CN(C)C)c1O)[C@@H]2C. The number of nitrogens with one attached hydrogen (secondary N) is 1. The number of likely N-dealkylation sites (N-methyl/N-ethyl adjacent to an activating group) is 2. The molecule has 0 aromatic heterocycles. The first-order valence-electron chi connectivity index (χ1n) is 13.6. The lowest BCUT2D eigenvalue weighted by Crippen LogP contribution is -2.69. The van der Waals surface area contributed by atoms with Crippen LogP contribution in [0.15, 0.2) is 34.8 Å². The molecule has 3 aliphatic carbocycles. The van der Waals surface area contributed by atoms with E-state index in [-0.39, 0.29) is 24.2 Å². The highest BCUT2D eigenvalue weighted by molar-refractivity contribution is 6.25. The summed E-state index contributed by atoms with van der Waals surface area (Å²) >= 11 is 0. The third-order valence-electron chi connectivity index (χ3n) is 8.39. The van der Waals surface area contributed by atoms with E-state index in [9.17, 15) is 44.4 Å². The van der Waals surface area contributed by atoms with E-state index in [0.29, 0.717) is 5.56 Å². The zero-order valence-corrected chi connectivity index (χ0v) is 24.7. The molecule has 0 fully saturated rings. The van der Waals surface area contributed by atoms with Gasteiger partial charge in [0.25, 0.3) is 5.91 Å². The van der Waals surface area contributed by atoms with Gasteiger partial charge >= 0.3 is 5.97 Å². The van der Waals surface area contributed by atoms with Crippen molar-refractivity contribution in [3.63, 3.8) is 0 Å². The second kappa shape index (κ2) is 11.1. The molecule has 0 saturated heterocycles. The van der Waals surface area contributed by atoms with Gasteiger partial charge in [-0.05, 0) is 45.7 Å². The predicted octanol–water partition coefficient (Wildman–Crippen LogP) is 0.113. The van der Waals surface area contributed by atoms with Gasteiger partial charge in [0.15, 0.2) is 17.1 Å². The lowest BCUT2D eigenvalue weighted by atomic mass is 9.55. The van der Waals surface area contributed by atoms with Crippen LogP contribution in [0, 0.1) is 11.8 Å². The lowest BCUT2D eigenvalue weighted by Gasteiger charge is -2.54. The number of aliphatic hydroxyl groups excluding tert-OH is 2. The Hall–Kier alpha value is -4.27. The van der Waals surface area contributed by atoms with Gasteiger partial charge in [-0.15, -0.1) is 0 Å². The first-order chi connectivity index (χ1) is 20.0. The molecule has 1 aromatic rings. The normalized spacial score (nSPS) is 28.4. The van der Waals surface area contributed by atoms with E-state index in [1.807, 2.05) is 0 Å². The number of nitrogens with zero attached hydrogens (tertiary/aromatic N) is 2. The molecule has 2 amide bonds. The number of anilines is 1. The highest BCUT2D eigenvalue weighted by Gasteiger charge is 2.68. The Labute approximate surface area is 247 Å². The van der Waals surface area contributed by atoms with E-state index in [4.69, 9.17) is 10.5 Å². The molecule has 0 bridgehead atoms. The van der Waals surface area contributed by atoms with Gasteiger partial charge < -0.3 is 41.1 Å². The van der Waals surface area contributed by atoms with Crippen LogP contribution in [0.25, 0.3) is 0 Å². The highest BCUT2D eigenvalue weighted by Crippen LogP contribution is 2.56. The van der Waals surface area contributed by atoms with Crippen molar-refractivity contribution in [3.8, 4) is 5.75 Å². The summed E-state index contributed by atoms with van der Waals surface area (Å²) in [4.78, 5) is 68.3. The van der Waals surface area contributed by atoms with Crippen LogP contribution in [0.1, 0.15) is 42.1 Å². The largest absolute Gasteiger partial charge is 0.510 e. The standard InChI is InChI=1S/C29H36N4O10/c1-7-15(35)43-25-16-11(2)12-8-9-13(31-14(34)10-32(3)4)22(36)17(12)23(37)18(16)26(39)29(42)20(25)21(33(5)6)24(38)19(27(29)40)28(30)41/h8-9,11,16,20-21,25,36,38-39,42H,7,10H2,1-6H3,(H2,30,41)(H,31,34)/t11-,16+,20+,21-,25-,29-/m0/s1. The third kappa shape index (κ3) is 4.75. The molecule has 43 heavy (non-hydrogen) atoms. The van der Waals surface area contributed by atoms with E-state index in [0.717, 1.165) is 0 Å². The summed E-state index contributed by atoms with van der Waals surface area (Å²) in [6.07, 6.45) is -1.60. The summed E-state index contributed by atoms with van der Waals surface area (Å²) in [5, 5.41) is 48.5. The molecule has 14 nitrogen and oxygen atoms in total. The van der Waals surface area contributed by atoms with Gasteiger partial charge in [0.05, 0.1) is 29.8 Å². The van der Waals surface area contributed by atoms with E-state index in [1.54, 1.807) is 25.9 Å². The number of phenolic OH excluding ortho intramolecular Hbond substituents is 1. The number of fused-ring (bicyclic) bond motifs is 3. The molecule has 0 heterocycles. The van der Waals surface area contributed by atoms with Gasteiger partial charge in [-0.3, -0.25) is 28.9 Å².